The predicted octanol–water partition coefficient (Wildman–Crippen LogP) is 8.54. The number of morpholine rings is 1. The lowest BCUT2D eigenvalue weighted by atomic mass is 10.1. The van der Waals surface area contributed by atoms with Crippen molar-refractivity contribution in [1.82, 2.24) is 24.6 Å². The highest BCUT2D eigenvalue weighted by molar-refractivity contribution is 6.07. The molecule has 12 nitrogen and oxygen atoms in total. The molecular weight excluding hydrogens is 693 g/mol. The third kappa shape index (κ3) is 8.88. The van der Waals surface area contributed by atoms with Crippen molar-refractivity contribution in [3.05, 3.63) is 114 Å². The fraction of sp³-hybridized carbons (Fsp3) is 0.302. The number of urea groups is 1. The molecule has 0 radical (unpaired) electrons. The quantitative estimate of drug-likeness (QED) is 0.101. The number of unbranched alkanes of at least 4 members (excludes halogenated alkanes) is 1. The van der Waals surface area contributed by atoms with Crippen molar-refractivity contribution in [3.8, 4) is 23.1 Å². The normalized spacial score (nSPS) is 14.1. The molecule has 6 aromatic rings. The van der Waals surface area contributed by atoms with Gasteiger partial charge in [-0.25, -0.2) is 14.5 Å². The number of nitrogens with zero attached hydrogens (tertiary/aromatic N) is 5. The topological polar surface area (TPSA) is 128 Å². The minimum Gasteiger partial charge on any atom is -0.492 e. The molecule has 55 heavy (non-hydrogen) atoms. The van der Waals surface area contributed by atoms with E-state index in [1.807, 2.05) is 66.7 Å². The molecule has 0 saturated carbocycles. The Morgan fingerprint density at radius 1 is 0.891 bits per heavy atom. The van der Waals surface area contributed by atoms with E-state index in [1.54, 1.807) is 16.9 Å². The summed E-state index contributed by atoms with van der Waals surface area (Å²) in [6.45, 7) is 7.02. The average molecular weight is 739 g/mol. The Balaban J connectivity index is 0.949. The minimum absolute atomic E-state index is 0.386. The van der Waals surface area contributed by atoms with Gasteiger partial charge < -0.3 is 24.8 Å². The van der Waals surface area contributed by atoms with Crippen LogP contribution in [0.2, 0.25) is 0 Å². The number of nitrogens with one attached hydrogen (secondary N) is 3. The molecule has 2 aliphatic rings. The van der Waals surface area contributed by atoms with E-state index in [2.05, 4.69) is 55.9 Å². The fourth-order valence-electron chi connectivity index (χ4n) is 7.09. The second kappa shape index (κ2) is 17.0. The van der Waals surface area contributed by atoms with Crippen LogP contribution in [0.25, 0.3) is 16.5 Å². The summed E-state index contributed by atoms with van der Waals surface area (Å²) in [5.74, 6) is 2.82. The van der Waals surface area contributed by atoms with Gasteiger partial charge in [-0.2, -0.15) is 10.1 Å². The van der Waals surface area contributed by atoms with Crippen molar-refractivity contribution >= 4 is 39.9 Å². The van der Waals surface area contributed by atoms with Crippen molar-refractivity contribution in [1.29, 1.82) is 0 Å². The molecule has 12 heteroatoms. The number of amides is 2. The standard InChI is InChI=1S/C43H46N8O4/c1-2-3-9-33-29-40(51(49-33)34-14-16-35(17-15-34)54-27-24-50-22-25-53-26-23-50)47-43(52)46-38-18-19-39(37-11-5-4-10-36(37)38)55-41-20-21-44-42(48-41)45-32-13-12-30-7-6-8-31(30)28-32/h4-5,10-21,28-29H,2-3,6-9,22-27H2,1H3,(H,44,45,48)(H2,46,47,52). The largest absolute Gasteiger partial charge is 0.492 e. The molecule has 0 spiro atoms. The molecule has 1 aliphatic carbocycles. The summed E-state index contributed by atoms with van der Waals surface area (Å²) in [5, 5.41) is 15.9. The first-order chi connectivity index (χ1) is 27.1. The van der Waals surface area contributed by atoms with Crippen molar-refractivity contribution in [2.45, 2.75) is 45.4 Å². The van der Waals surface area contributed by atoms with E-state index in [4.69, 9.17) is 19.3 Å². The molecule has 1 fully saturated rings. The van der Waals surface area contributed by atoms with Crippen LogP contribution in [0.5, 0.6) is 17.4 Å². The van der Waals surface area contributed by atoms with Gasteiger partial charge in [0.05, 0.1) is 30.3 Å². The van der Waals surface area contributed by atoms with Crippen molar-refractivity contribution in [3.63, 3.8) is 0 Å². The molecule has 3 N–H and O–H groups in total. The van der Waals surface area contributed by atoms with Crippen LogP contribution >= 0.6 is 0 Å². The lowest BCUT2D eigenvalue weighted by Gasteiger charge is -2.26. The zero-order valence-corrected chi connectivity index (χ0v) is 31.1. The number of fused-ring (bicyclic) bond motifs is 2. The summed E-state index contributed by atoms with van der Waals surface area (Å²) in [7, 11) is 0. The van der Waals surface area contributed by atoms with E-state index in [-0.39, 0.29) is 6.03 Å². The van der Waals surface area contributed by atoms with Gasteiger partial charge in [0.25, 0.3) is 0 Å². The summed E-state index contributed by atoms with van der Waals surface area (Å²) < 4.78 is 19.5. The van der Waals surface area contributed by atoms with Gasteiger partial charge in [0.1, 0.15) is 23.9 Å². The highest BCUT2D eigenvalue weighted by Gasteiger charge is 2.17. The van der Waals surface area contributed by atoms with Crippen LogP contribution in [-0.2, 0) is 24.0 Å². The third-order valence-electron chi connectivity index (χ3n) is 9.98. The van der Waals surface area contributed by atoms with Gasteiger partial charge >= 0.3 is 6.03 Å². The molecule has 1 saturated heterocycles. The van der Waals surface area contributed by atoms with E-state index in [9.17, 15) is 4.79 Å². The number of aromatic nitrogens is 4. The van der Waals surface area contributed by atoms with Gasteiger partial charge in [0.15, 0.2) is 0 Å². The molecule has 4 aromatic carbocycles. The average Bonchev–Trinajstić information content (AvgIpc) is 3.85. The lowest BCUT2D eigenvalue weighted by molar-refractivity contribution is 0.0322. The Labute approximate surface area is 320 Å². The first kappa shape index (κ1) is 36.0. The molecule has 1 aliphatic heterocycles. The van der Waals surface area contributed by atoms with Crippen molar-refractivity contribution < 1.29 is 19.0 Å². The maximum Gasteiger partial charge on any atom is 0.324 e. The maximum atomic E-state index is 13.6. The summed E-state index contributed by atoms with van der Waals surface area (Å²) in [4.78, 5) is 25.0. The Hall–Kier alpha value is -5.98. The number of carbonyl (C=O) groups is 1. The van der Waals surface area contributed by atoms with Gasteiger partial charge in [-0.3, -0.25) is 10.2 Å². The molecule has 0 atom stereocenters. The first-order valence-electron chi connectivity index (χ1n) is 19.2. The van der Waals surface area contributed by atoms with Crippen molar-refractivity contribution in [2.24, 2.45) is 0 Å². The first-order valence-corrected chi connectivity index (χ1v) is 19.2. The maximum absolute atomic E-state index is 13.6. The fourth-order valence-corrected chi connectivity index (χ4v) is 7.09. The Kier molecular flexibility index (Phi) is 11.1. The van der Waals surface area contributed by atoms with Crippen LogP contribution in [0, 0.1) is 0 Å². The van der Waals surface area contributed by atoms with Gasteiger partial charge in [0.2, 0.25) is 11.8 Å². The second-order valence-electron chi connectivity index (χ2n) is 13.9. The molecule has 0 unspecified atom stereocenters. The van der Waals surface area contributed by atoms with E-state index in [0.717, 1.165) is 98.5 Å². The van der Waals surface area contributed by atoms with Crippen LogP contribution in [0.15, 0.2) is 97.2 Å². The Bertz CT molecular complexity index is 2250. The summed E-state index contributed by atoms with van der Waals surface area (Å²) in [6.07, 6.45) is 7.96. The van der Waals surface area contributed by atoms with E-state index >= 15 is 0 Å². The number of rotatable bonds is 14. The molecule has 3 heterocycles. The highest BCUT2D eigenvalue weighted by atomic mass is 16.5. The SMILES string of the molecule is CCCCc1cc(NC(=O)Nc2ccc(Oc3ccnc(Nc4ccc5c(c4)CCC5)n3)c3ccccc23)n(-c2ccc(OCCN3CCOCC3)cc2)n1. The molecule has 2 amide bonds. The Morgan fingerprint density at radius 2 is 1.73 bits per heavy atom. The number of benzene rings is 4. The number of ether oxygens (including phenoxy) is 3. The smallest absolute Gasteiger partial charge is 0.324 e. The monoisotopic (exact) mass is 738 g/mol. The highest BCUT2D eigenvalue weighted by Crippen LogP contribution is 2.35. The second-order valence-corrected chi connectivity index (χ2v) is 13.9. The van der Waals surface area contributed by atoms with E-state index in [1.165, 1.54) is 17.5 Å². The van der Waals surface area contributed by atoms with Crippen LogP contribution in [0.4, 0.5) is 27.9 Å². The minimum atomic E-state index is -0.386. The van der Waals surface area contributed by atoms with Gasteiger partial charge in [0, 0.05) is 54.4 Å². The van der Waals surface area contributed by atoms with Crippen LogP contribution in [-0.4, -0.2) is 70.1 Å². The summed E-state index contributed by atoms with van der Waals surface area (Å²) >= 11 is 0. The van der Waals surface area contributed by atoms with Gasteiger partial charge in [-0.05, 0) is 91.8 Å². The van der Waals surface area contributed by atoms with Crippen molar-refractivity contribution in [2.75, 3.05) is 55.4 Å². The molecule has 282 valence electrons. The van der Waals surface area contributed by atoms with Crippen LogP contribution < -0.4 is 25.4 Å². The summed E-state index contributed by atoms with van der Waals surface area (Å²) in [6, 6.07) is 29.0. The zero-order chi connectivity index (χ0) is 37.4. The van der Waals surface area contributed by atoms with Gasteiger partial charge in [-0.1, -0.05) is 43.7 Å². The number of hydrogen-bond donors (Lipinski definition) is 3. The molecule has 8 rings (SSSR count). The number of hydrogen-bond acceptors (Lipinski definition) is 9. The lowest BCUT2D eigenvalue weighted by Crippen LogP contribution is -2.38. The molecule has 2 aromatic heterocycles. The number of anilines is 4. The van der Waals surface area contributed by atoms with E-state index < -0.39 is 0 Å². The third-order valence-corrected chi connectivity index (χ3v) is 9.98. The molecular formula is C43H46N8O4. The van der Waals surface area contributed by atoms with Crippen LogP contribution in [0.3, 0.4) is 0 Å². The van der Waals surface area contributed by atoms with E-state index in [0.29, 0.717) is 35.7 Å². The predicted molar refractivity (Wildman–Crippen MR) is 215 cm³/mol. The molecule has 0 bridgehead atoms. The summed E-state index contributed by atoms with van der Waals surface area (Å²) in [5.41, 5.74) is 6.11. The van der Waals surface area contributed by atoms with Gasteiger partial charge in [-0.15, -0.1) is 0 Å². The van der Waals surface area contributed by atoms with Crippen LogP contribution in [0.1, 0.15) is 43.0 Å². The zero-order valence-electron chi connectivity index (χ0n) is 31.1. The number of aryl methyl sites for hydroxylation is 3. The number of carbonyl (C=O) groups excluding carboxylic acids is 1. The Morgan fingerprint density at radius 3 is 2.58 bits per heavy atom.